The highest BCUT2D eigenvalue weighted by atomic mass is 16.3. The maximum absolute atomic E-state index is 13.2. The molecule has 28 heavy (non-hydrogen) atoms. The summed E-state index contributed by atoms with van der Waals surface area (Å²) in [6.07, 6.45) is 2.84. The second-order valence-corrected chi connectivity index (χ2v) is 6.58. The Labute approximate surface area is 161 Å². The second kappa shape index (κ2) is 7.52. The molecule has 0 fully saturated rings. The summed E-state index contributed by atoms with van der Waals surface area (Å²) in [5.74, 6) is 0.535. The van der Waals surface area contributed by atoms with Gasteiger partial charge in [-0.15, -0.1) is 0 Å². The van der Waals surface area contributed by atoms with E-state index < -0.39 is 0 Å². The third-order valence-corrected chi connectivity index (χ3v) is 4.59. The van der Waals surface area contributed by atoms with Crippen molar-refractivity contribution >= 4 is 22.5 Å². The van der Waals surface area contributed by atoms with E-state index in [-0.39, 0.29) is 17.9 Å². The maximum Gasteiger partial charge on any atom is 0.249 e. The van der Waals surface area contributed by atoms with Crippen molar-refractivity contribution in [1.29, 1.82) is 0 Å². The fourth-order valence-electron chi connectivity index (χ4n) is 3.11. The second-order valence-electron chi connectivity index (χ2n) is 6.58. The number of carbonyl (C=O) groups excluding carboxylic acids is 1. The molecule has 0 unspecified atom stereocenters. The fourth-order valence-corrected chi connectivity index (χ4v) is 3.11. The van der Waals surface area contributed by atoms with E-state index in [1.165, 1.54) is 6.20 Å². The van der Waals surface area contributed by atoms with E-state index in [9.17, 15) is 9.59 Å². The van der Waals surface area contributed by atoms with Crippen LogP contribution in [-0.4, -0.2) is 15.7 Å². The molecule has 4 rings (SSSR count). The van der Waals surface area contributed by atoms with Gasteiger partial charge in [-0.3, -0.25) is 14.3 Å². The summed E-state index contributed by atoms with van der Waals surface area (Å²) in [5.41, 5.74) is 2.36. The summed E-state index contributed by atoms with van der Waals surface area (Å²) < 4.78 is 7.00. The predicted octanol–water partition coefficient (Wildman–Crippen LogP) is 3.53. The molecule has 0 atom stereocenters. The van der Waals surface area contributed by atoms with E-state index in [0.29, 0.717) is 23.2 Å². The third kappa shape index (κ3) is 3.57. The van der Waals surface area contributed by atoms with Gasteiger partial charge in [0.15, 0.2) is 0 Å². The van der Waals surface area contributed by atoms with Crippen molar-refractivity contribution < 1.29 is 9.21 Å². The summed E-state index contributed by atoms with van der Waals surface area (Å²) in [5, 5.41) is 4.71. The third-order valence-electron chi connectivity index (χ3n) is 4.59. The van der Waals surface area contributed by atoms with Crippen LogP contribution in [0.15, 0.2) is 82.3 Å². The zero-order valence-corrected chi connectivity index (χ0v) is 15.4. The highest BCUT2D eigenvalue weighted by molar-refractivity contribution is 5.93. The number of aryl methyl sites for hydroxylation is 1. The Morgan fingerprint density at radius 2 is 1.86 bits per heavy atom. The number of carbonyl (C=O) groups is 1. The lowest BCUT2D eigenvalue weighted by Crippen LogP contribution is -2.34. The molecule has 0 radical (unpaired) electrons. The average molecular weight is 373 g/mol. The highest BCUT2D eigenvalue weighted by Gasteiger charge is 2.19. The van der Waals surface area contributed by atoms with Crippen LogP contribution in [0, 0.1) is 6.92 Å². The highest BCUT2D eigenvalue weighted by Crippen LogP contribution is 2.20. The first-order chi connectivity index (χ1) is 13.6. The zero-order chi connectivity index (χ0) is 19.5. The first kappa shape index (κ1) is 17.7. The number of fused-ring (bicyclic) bond motifs is 1. The molecular weight excluding hydrogens is 354 g/mol. The lowest BCUT2D eigenvalue weighted by atomic mass is 10.2. The van der Waals surface area contributed by atoms with Gasteiger partial charge in [-0.25, -0.2) is 0 Å². The van der Waals surface area contributed by atoms with Gasteiger partial charge < -0.3 is 9.32 Å². The van der Waals surface area contributed by atoms with Crippen LogP contribution in [0.4, 0.5) is 5.69 Å². The minimum atomic E-state index is -0.162. The van der Waals surface area contributed by atoms with Gasteiger partial charge in [-0.2, -0.15) is 5.10 Å². The van der Waals surface area contributed by atoms with Crippen molar-refractivity contribution in [1.82, 2.24) is 9.78 Å². The molecule has 2 heterocycles. The number of para-hydroxylation sites is 1. The molecule has 2 aromatic heterocycles. The van der Waals surface area contributed by atoms with Crippen molar-refractivity contribution in [2.24, 2.45) is 0 Å². The molecule has 4 aromatic rings. The van der Waals surface area contributed by atoms with Gasteiger partial charge in [0.25, 0.3) is 0 Å². The number of amides is 1. The van der Waals surface area contributed by atoms with Crippen molar-refractivity contribution in [3.8, 4) is 0 Å². The average Bonchev–Trinajstić information content (AvgIpc) is 3.22. The van der Waals surface area contributed by atoms with E-state index >= 15 is 0 Å². The van der Waals surface area contributed by atoms with Gasteiger partial charge in [0.1, 0.15) is 12.3 Å². The Balaban J connectivity index is 1.69. The van der Waals surface area contributed by atoms with Gasteiger partial charge in [-0.05, 0) is 43.3 Å². The van der Waals surface area contributed by atoms with E-state index in [1.54, 1.807) is 40.1 Å². The van der Waals surface area contributed by atoms with Crippen LogP contribution in [0.5, 0.6) is 0 Å². The molecule has 0 saturated heterocycles. The Morgan fingerprint density at radius 3 is 2.61 bits per heavy atom. The number of benzene rings is 2. The quantitative estimate of drug-likeness (QED) is 0.537. The van der Waals surface area contributed by atoms with Gasteiger partial charge in [0, 0.05) is 11.1 Å². The molecule has 0 N–H and O–H groups in total. The summed E-state index contributed by atoms with van der Waals surface area (Å²) in [4.78, 5) is 26.9. The Kier molecular flexibility index (Phi) is 4.76. The maximum atomic E-state index is 13.2. The summed E-state index contributed by atoms with van der Waals surface area (Å²) in [6.45, 7) is 2.32. The van der Waals surface area contributed by atoms with Crippen LogP contribution in [0.25, 0.3) is 10.9 Å². The molecule has 0 spiro atoms. The molecule has 0 aliphatic heterocycles. The van der Waals surface area contributed by atoms with Gasteiger partial charge in [0.2, 0.25) is 11.3 Å². The number of anilines is 1. The van der Waals surface area contributed by atoms with Gasteiger partial charge in [-0.1, -0.05) is 29.8 Å². The molecule has 2 aromatic carbocycles. The molecule has 0 aliphatic rings. The molecule has 0 bridgehead atoms. The number of nitrogens with zero attached hydrogens (tertiary/aromatic N) is 3. The van der Waals surface area contributed by atoms with E-state index in [4.69, 9.17) is 4.42 Å². The van der Waals surface area contributed by atoms with Crippen LogP contribution in [-0.2, 0) is 17.9 Å². The summed E-state index contributed by atoms with van der Waals surface area (Å²) in [7, 11) is 0. The lowest BCUT2D eigenvalue weighted by Gasteiger charge is -2.23. The van der Waals surface area contributed by atoms with E-state index in [0.717, 1.165) is 11.3 Å². The molecule has 6 heteroatoms. The number of hydrogen-bond acceptors (Lipinski definition) is 4. The number of furan rings is 1. The molecule has 6 nitrogen and oxygen atoms in total. The van der Waals surface area contributed by atoms with Gasteiger partial charge in [0.05, 0.1) is 24.5 Å². The summed E-state index contributed by atoms with van der Waals surface area (Å²) in [6, 6.07) is 18.5. The van der Waals surface area contributed by atoms with Crippen molar-refractivity contribution in [3.63, 3.8) is 0 Å². The van der Waals surface area contributed by atoms with Crippen LogP contribution < -0.4 is 10.3 Å². The van der Waals surface area contributed by atoms with Crippen molar-refractivity contribution in [2.75, 3.05) is 4.90 Å². The minimum absolute atomic E-state index is 0.00930. The van der Waals surface area contributed by atoms with Crippen molar-refractivity contribution in [3.05, 3.63) is 94.7 Å². The Morgan fingerprint density at radius 1 is 1.07 bits per heavy atom. The largest absolute Gasteiger partial charge is 0.467 e. The van der Waals surface area contributed by atoms with Gasteiger partial charge >= 0.3 is 0 Å². The smallest absolute Gasteiger partial charge is 0.249 e. The topological polar surface area (TPSA) is 68.3 Å². The number of rotatable bonds is 5. The molecule has 0 saturated carbocycles. The first-order valence-corrected chi connectivity index (χ1v) is 8.96. The lowest BCUT2D eigenvalue weighted by molar-refractivity contribution is -0.119. The SMILES string of the molecule is Cc1ccc(N(Cc2ccco2)C(=O)Cn2ncc(=O)c3ccccc32)cc1. The van der Waals surface area contributed by atoms with E-state index in [2.05, 4.69) is 5.10 Å². The molecule has 140 valence electrons. The molecule has 1 amide bonds. The number of aromatic nitrogens is 2. The Hall–Kier alpha value is -3.67. The number of hydrogen-bond donors (Lipinski definition) is 0. The van der Waals surface area contributed by atoms with E-state index in [1.807, 2.05) is 43.3 Å². The first-order valence-electron chi connectivity index (χ1n) is 8.96. The fraction of sp³-hybridized carbons (Fsp3) is 0.136. The van der Waals surface area contributed by atoms with Crippen LogP contribution in [0.3, 0.4) is 0 Å². The minimum Gasteiger partial charge on any atom is -0.467 e. The molecular formula is C22H19N3O3. The molecule has 0 aliphatic carbocycles. The predicted molar refractivity (Wildman–Crippen MR) is 107 cm³/mol. The van der Waals surface area contributed by atoms with Crippen LogP contribution in [0.1, 0.15) is 11.3 Å². The summed E-state index contributed by atoms with van der Waals surface area (Å²) >= 11 is 0. The Bertz CT molecular complexity index is 1160. The normalized spacial score (nSPS) is 10.9. The zero-order valence-electron chi connectivity index (χ0n) is 15.4. The van der Waals surface area contributed by atoms with Crippen molar-refractivity contribution in [2.45, 2.75) is 20.0 Å². The standard InChI is InChI=1S/C22H19N3O3/c1-16-8-10-17(11-9-16)24(14-18-5-4-12-28-18)22(27)15-25-20-7-3-2-6-19(20)21(26)13-23-25/h2-13H,14-15H2,1H3. The van der Waals surface area contributed by atoms with Crippen LogP contribution in [0.2, 0.25) is 0 Å². The monoisotopic (exact) mass is 373 g/mol. The van der Waals surface area contributed by atoms with Crippen LogP contribution >= 0.6 is 0 Å².